The number of carbonyl (C=O) groups excluding carboxylic acids is 1. The van der Waals surface area contributed by atoms with Crippen LogP contribution in [0.4, 0.5) is 0 Å². The summed E-state index contributed by atoms with van der Waals surface area (Å²) in [5, 5.41) is 1.18. The number of fused-ring (bicyclic) bond motifs is 1. The molecule has 88 valence electrons. The van der Waals surface area contributed by atoms with Crippen molar-refractivity contribution >= 4 is 17.2 Å². The molecule has 0 aliphatic heterocycles. The zero-order valence-corrected chi connectivity index (χ0v) is 9.93. The average Bonchev–Trinajstić information content (AvgIpc) is 2.82. The van der Waals surface area contributed by atoms with Crippen molar-refractivity contribution in [1.29, 1.82) is 0 Å². The van der Waals surface area contributed by atoms with Gasteiger partial charge in [-0.05, 0) is 37.1 Å². The van der Waals surface area contributed by atoms with E-state index in [0.29, 0.717) is 6.04 Å². The van der Waals surface area contributed by atoms with Crippen molar-refractivity contribution in [3.8, 4) is 0 Å². The minimum atomic E-state index is 0.656. The Balaban J connectivity index is 2.02. The molecule has 1 heterocycles. The molecule has 1 fully saturated rings. The Bertz CT molecular complexity index is 535. The Morgan fingerprint density at radius 1 is 1.12 bits per heavy atom. The fourth-order valence-electron chi connectivity index (χ4n) is 2.93. The Morgan fingerprint density at radius 2 is 1.94 bits per heavy atom. The Labute approximate surface area is 101 Å². The first kappa shape index (κ1) is 10.6. The van der Waals surface area contributed by atoms with Crippen molar-refractivity contribution in [3.63, 3.8) is 0 Å². The summed E-state index contributed by atoms with van der Waals surface area (Å²) in [6.07, 6.45) is 9.74. The lowest BCUT2D eigenvalue weighted by Crippen LogP contribution is -2.11. The lowest BCUT2D eigenvalue weighted by Gasteiger charge is -2.24. The average molecular weight is 227 g/mol. The third-order valence-corrected chi connectivity index (χ3v) is 3.85. The Morgan fingerprint density at radius 3 is 2.71 bits per heavy atom. The number of rotatable bonds is 2. The number of nitrogens with zero attached hydrogens (tertiary/aromatic N) is 1. The first-order valence-electron chi connectivity index (χ1n) is 6.44. The van der Waals surface area contributed by atoms with E-state index in [0.717, 1.165) is 11.8 Å². The summed E-state index contributed by atoms with van der Waals surface area (Å²) in [6, 6.07) is 8.74. The van der Waals surface area contributed by atoms with Crippen LogP contribution in [0.2, 0.25) is 0 Å². The molecule has 1 aliphatic carbocycles. The highest BCUT2D eigenvalue weighted by Crippen LogP contribution is 2.31. The van der Waals surface area contributed by atoms with E-state index in [9.17, 15) is 4.79 Å². The molecule has 2 aromatic rings. The van der Waals surface area contributed by atoms with Gasteiger partial charge in [-0.1, -0.05) is 19.3 Å². The topological polar surface area (TPSA) is 22.0 Å². The fraction of sp³-hybridized carbons (Fsp3) is 0.400. The molecular weight excluding hydrogens is 210 g/mol. The van der Waals surface area contributed by atoms with Gasteiger partial charge in [0.2, 0.25) is 0 Å². The number of aromatic nitrogens is 1. The predicted octanol–water partition coefficient (Wildman–Crippen LogP) is 3.96. The van der Waals surface area contributed by atoms with Crippen molar-refractivity contribution < 1.29 is 4.79 Å². The van der Waals surface area contributed by atoms with E-state index in [1.165, 1.54) is 43.0 Å². The minimum Gasteiger partial charge on any atom is -0.344 e. The van der Waals surface area contributed by atoms with Crippen LogP contribution in [0, 0.1) is 0 Å². The number of aldehydes is 1. The van der Waals surface area contributed by atoms with E-state index in [-0.39, 0.29) is 0 Å². The van der Waals surface area contributed by atoms with Gasteiger partial charge in [0.15, 0.2) is 0 Å². The molecule has 0 N–H and O–H groups in total. The van der Waals surface area contributed by atoms with Crippen LogP contribution >= 0.6 is 0 Å². The zero-order valence-electron chi connectivity index (χ0n) is 9.93. The number of carbonyl (C=O) groups is 1. The predicted molar refractivity (Wildman–Crippen MR) is 69.4 cm³/mol. The molecule has 0 amide bonds. The van der Waals surface area contributed by atoms with Gasteiger partial charge in [-0.25, -0.2) is 0 Å². The quantitative estimate of drug-likeness (QED) is 0.712. The van der Waals surface area contributed by atoms with Gasteiger partial charge in [-0.2, -0.15) is 0 Å². The van der Waals surface area contributed by atoms with Crippen molar-refractivity contribution in [1.82, 2.24) is 4.57 Å². The van der Waals surface area contributed by atoms with Crippen LogP contribution in [0.3, 0.4) is 0 Å². The molecule has 1 aromatic carbocycles. The first-order chi connectivity index (χ1) is 8.38. The SMILES string of the molecule is O=Cc1ccc2c(ccn2C2CCCCC2)c1. The molecule has 0 radical (unpaired) electrons. The van der Waals surface area contributed by atoms with Gasteiger partial charge in [-0.15, -0.1) is 0 Å². The third-order valence-electron chi connectivity index (χ3n) is 3.85. The number of benzene rings is 1. The van der Waals surface area contributed by atoms with Crippen LogP contribution in [0.25, 0.3) is 10.9 Å². The molecule has 2 nitrogen and oxygen atoms in total. The van der Waals surface area contributed by atoms with Gasteiger partial charge in [0.05, 0.1) is 0 Å². The van der Waals surface area contributed by atoms with Crippen LogP contribution in [0.1, 0.15) is 48.5 Å². The second-order valence-electron chi connectivity index (χ2n) is 4.95. The smallest absolute Gasteiger partial charge is 0.150 e. The largest absolute Gasteiger partial charge is 0.344 e. The van der Waals surface area contributed by atoms with Crippen molar-refractivity contribution in [2.24, 2.45) is 0 Å². The number of hydrogen-bond donors (Lipinski definition) is 0. The maximum atomic E-state index is 10.8. The molecule has 1 aromatic heterocycles. The highest BCUT2D eigenvalue weighted by molar-refractivity contribution is 5.87. The second-order valence-corrected chi connectivity index (χ2v) is 4.95. The minimum absolute atomic E-state index is 0.656. The Kier molecular flexibility index (Phi) is 2.71. The van der Waals surface area contributed by atoms with E-state index >= 15 is 0 Å². The summed E-state index contributed by atoms with van der Waals surface area (Å²) in [4.78, 5) is 10.8. The summed E-state index contributed by atoms with van der Waals surface area (Å²) >= 11 is 0. The second kappa shape index (κ2) is 4.36. The maximum Gasteiger partial charge on any atom is 0.150 e. The summed E-state index contributed by atoms with van der Waals surface area (Å²) in [5.74, 6) is 0. The summed E-state index contributed by atoms with van der Waals surface area (Å²) in [5.41, 5.74) is 2.03. The molecular formula is C15H17NO. The van der Waals surface area contributed by atoms with Crippen molar-refractivity contribution in [2.75, 3.05) is 0 Å². The third kappa shape index (κ3) is 1.88. The van der Waals surface area contributed by atoms with Crippen molar-refractivity contribution in [3.05, 3.63) is 36.0 Å². The molecule has 17 heavy (non-hydrogen) atoms. The molecule has 1 saturated carbocycles. The van der Waals surface area contributed by atoms with E-state index in [4.69, 9.17) is 0 Å². The van der Waals surface area contributed by atoms with Crippen LogP contribution in [-0.2, 0) is 0 Å². The molecule has 0 spiro atoms. The number of hydrogen-bond acceptors (Lipinski definition) is 1. The maximum absolute atomic E-state index is 10.8. The monoisotopic (exact) mass is 227 g/mol. The van der Waals surface area contributed by atoms with Gasteiger partial charge >= 0.3 is 0 Å². The highest BCUT2D eigenvalue weighted by atomic mass is 16.1. The van der Waals surface area contributed by atoms with Crippen LogP contribution < -0.4 is 0 Å². The van der Waals surface area contributed by atoms with Gasteiger partial charge in [0, 0.05) is 28.7 Å². The standard InChI is InChI=1S/C15H17NO/c17-11-12-6-7-15-13(10-12)8-9-16(15)14-4-2-1-3-5-14/h6-11,14H,1-5H2. The molecule has 2 heteroatoms. The van der Waals surface area contributed by atoms with Gasteiger partial charge in [0.25, 0.3) is 0 Å². The normalized spacial score (nSPS) is 17.4. The fourth-order valence-corrected chi connectivity index (χ4v) is 2.93. The van der Waals surface area contributed by atoms with Gasteiger partial charge in [-0.3, -0.25) is 4.79 Å². The lowest BCUT2D eigenvalue weighted by atomic mass is 9.95. The van der Waals surface area contributed by atoms with Crippen LogP contribution in [0.5, 0.6) is 0 Å². The summed E-state index contributed by atoms with van der Waals surface area (Å²) < 4.78 is 2.39. The Hall–Kier alpha value is -1.57. The molecule has 3 rings (SSSR count). The molecule has 0 saturated heterocycles. The van der Waals surface area contributed by atoms with Gasteiger partial charge < -0.3 is 4.57 Å². The molecule has 0 unspecified atom stereocenters. The highest BCUT2D eigenvalue weighted by Gasteiger charge is 2.16. The summed E-state index contributed by atoms with van der Waals surface area (Å²) in [6.45, 7) is 0. The molecule has 0 bridgehead atoms. The van der Waals surface area contributed by atoms with E-state index in [2.05, 4.69) is 22.9 Å². The zero-order chi connectivity index (χ0) is 11.7. The summed E-state index contributed by atoms with van der Waals surface area (Å²) in [7, 11) is 0. The van der Waals surface area contributed by atoms with E-state index in [1.807, 2.05) is 12.1 Å². The van der Waals surface area contributed by atoms with Gasteiger partial charge in [0.1, 0.15) is 6.29 Å². The van der Waals surface area contributed by atoms with Crippen molar-refractivity contribution in [2.45, 2.75) is 38.1 Å². The van der Waals surface area contributed by atoms with Crippen LogP contribution in [-0.4, -0.2) is 10.9 Å². The lowest BCUT2D eigenvalue weighted by molar-refractivity contribution is 0.112. The van der Waals surface area contributed by atoms with E-state index < -0.39 is 0 Å². The molecule has 1 aliphatic rings. The molecule has 0 atom stereocenters. The first-order valence-corrected chi connectivity index (χ1v) is 6.44. The van der Waals surface area contributed by atoms with E-state index in [1.54, 1.807) is 0 Å². The van der Waals surface area contributed by atoms with Crippen LogP contribution in [0.15, 0.2) is 30.5 Å².